The van der Waals surface area contributed by atoms with E-state index >= 15 is 0 Å². The predicted molar refractivity (Wildman–Crippen MR) is 60.6 cm³/mol. The Labute approximate surface area is 89.9 Å². The quantitative estimate of drug-likeness (QED) is 0.822. The summed E-state index contributed by atoms with van der Waals surface area (Å²) in [6.07, 6.45) is 3.24. The maximum Gasteiger partial charge on any atom is 0.125 e. The molecule has 2 nitrogen and oxygen atoms in total. The summed E-state index contributed by atoms with van der Waals surface area (Å²) in [5.41, 5.74) is 7.76. The van der Waals surface area contributed by atoms with Crippen molar-refractivity contribution in [1.29, 1.82) is 0 Å². The third-order valence-electron chi connectivity index (χ3n) is 2.91. The molecule has 3 heteroatoms. The Kier molecular flexibility index (Phi) is 3.21. The maximum atomic E-state index is 13.2. The molecule has 0 saturated carbocycles. The Morgan fingerprint density at radius 3 is 2.67 bits per heavy atom. The summed E-state index contributed by atoms with van der Waals surface area (Å²) < 4.78 is 13.2. The summed E-state index contributed by atoms with van der Waals surface area (Å²) in [6, 6.07) is 5.01. The van der Waals surface area contributed by atoms with Gasteiger partial charge in [-0.3, -0.25) is 0 Å². The first-order chi connectivity index (χ1) is 7.31. The van der Waals surface area contributed by atoms with Crippen LogP contribution >= 0.6 is 0 Å². The Morgan fingerprint density at radius 1 is 1.27 bits per heavy atom. The number of halogens is 1. The molecule has 0 bridgehead atoms. The zero-order valence-electron chi connectivity index (χ0n) is 8.88. The monoisotopic (exact) mass is 208 g/mol. The lowest BCUT2D eigenvalue weighted by atomic mass is 10.1. The lowest BCUT2D eigenvalue weighted by Gasteiger charge is -2.21. The Balaban J connectivity index is 2.28. The van der Waals surface area contributed by atoms with E-state index in [1.54, 1.807) is 6.07 Å². The first kappa shape index (κ1) is 10.4. The molecule has 1 aromatic carbocycles. The molecule has 0 aromatic heterocycles. The second kappa shape index (κ2) is 4.62. The van der Waals surface area contributed by atoms with Gasteiger partial charge in [-0.2, -0.15) is 0 Å². The number of hydrogen-bond donors (Lipinski definition) is 1. The molecule has 0 unspecified atom stereocenters. The first-order valence-electron chi connectivity index (χ1n) is 5.54. The molecule has 0 amide bonds. The first-order valence-corrected chi connectivity index (χ1v) is 5.54. The van der Waals surface area contributed by atoms with E-state index in [0.29, 0.717) is 6.54 Å². The van der Waals surface area contributed by atoms with Gasteiger partial charge in [0.2, 0.25) is 0 Å². The smallest absolute Gasteiger partial charge is 0.125 e. The molecule has 0 radical (unpaired) electrons. The largest absolute Gasteiger partial charge is 0.371 e. The third kappa shape index (κ3) is 2.29. The number of nitrogens with two attached hydrogens (primary N) is 1. The van der Waals surface area contributed by atoms with Crippen LogP contribution in [-0.4, -0.2) is 19.6 Å². The van der Waals surface area contributed by atoms with Gasteiger partial charge in [0.1, 0.15) is 5.82 Å². The van der Waals surface area contributed by atoms with Crippen molar-refractivity contribution in [3.8, 4) is 0 Å². The van der Waals surface area contributed by atoms with E-state index in [-0.39, 0.29) is 5.82 Å². The lowest BCUT2D eigenvalue weighted by Crippen LogP contribution is -2.20. The van der Waals surface area contributed by atoms with Gasteiger partial charge in [0.15, 0.2) is 0 Å². The molecule has 0 aliphatic carbocycles. The van der Waals surface area contributed by atoms with Gasteiger partial charge >= 0.3 is 0 Å². The fourth-order valence-electron chi connectivity index (χ4n) is 2.16. The second-order valence-corrected chi connectivity index (χ2v) is 4.01. The highest BCUT2D eigenvalue weighted by molar-refractivity contribution is 5.54. The van der Waals surface area contributed by atoms with Crippen LogP contribution in [0.3, 0.4) is 0 Å². The summed E-state index contributed by atoms with van der Waals surface area (Å²) in [5.74, 6) is -0.155. The van der Waals surface area contributed by atoms with Crippen LogP contribution in [0.2, 0.25) is 0 Å². The third-order valence-corrected chi connectivity index (χ3v) is 2.91. The van der Waals surface area contributed by atoms with E-state index in [1.807, 2.05) is 6.07 Å². The van der Waals surface area contributed by atoms with Crippen molar-refractivity contribution in [3.63, 3.8) is 0 Å². The number of benzene rings is 1. The van der Waals surface area contributed by atoms with Crippen LogP contribution in [0.1, 0.15) is 18.4 Å². The number of nitrogens with zero attached hydrogens (tertiary/aromatic N) is 1. The molecule has 1 heterocycles. The molecule has 0 spiro atoms. The average Bonchev–Trinajstić information content (AvgIpc) is 2.74. The van der Waals surface area contributed by atoms with E-state index in [2.05, 4.69) is 4.90 Å². The molecule has 1 fully saturated rings. The molecule has 2 N–H and O–H groups in total. The molecule has 0 atom stereocenters. The minimum atomic E-state index is -0.155. The highest BCUT2D eigenvalue weighted by Crippen LogP contribution is 2.25. The Bertz CT molecular complexity index is 332. The number of rotatable bonds is 3. The highest BCUT2D eigenvalue weighted by Gasteiger charge is 2.15. The number of anilines is 1. The van der Waals surface area contributed by atoms with Crippen molar-refractivity contribution in [1.82, 2.24) is 0 Å². The number of hydrogen-bond acceptors (Lipinski definition) is 2. The summed E-state index contributed by atoms with van der Waals surface area (Å²) in [5, 5.41) is 0. The van der Waals surface area contributed by atoms with Crippen molar-refractivity contribution in [3.05, 3.63) is 29.6 Å². The van der Waals surface area contributed by atoms with Crippen LogP contribution in [0.5, 0.6) is 0 Å². The minimum Gasteiger partial charge on any atom is -0.371 e. The van der Waals surface area contributed by atoms with Crippen LogP contribution in [0.4, 0.5) is 10.1 Å². The summed E-state index contributed by atoms with van der Waals surface area (Å²) in [4.78, 5) is 2.26. The van der Waals surface area contributed by atoms with Crippen LogP contribution in [0, 0.1) is 5.82 Å². The minimum absolute atomic E-state index is 0.155. The van der Waals surface area contributed by atoms with Gasteiger partial charge in [0.05, 0.1) is 0 Å². The summed E-state index contributed by atoms with van der Waals surface area (Å²) in [6.45, 7) is 2.70. The standard InChI is InChI=1S/C12H17FN2/c13-11-4-3-10(5-6-14)12(9-11)15-7-1-2-8-15/h3-4,9H,1-2,5-8,14H2. The van der Waals surface area contributed by atoms with E-state index in [0.717, 1.165) is 25.2 Å². The van der Waals surface area contributed by atoms with Gasteiger partial charge < -0.3 is 10.6 Å². The van der Waals surface area contributed by atoms with Gasteiger partial charge in [-0.05, 0) is 43.5 Å². The zero-order valence-corrected chi connectivity index (χ0v) is 8.88. The lowest BCUT2D eigenvalue weighted by molar-refractivity contribution is 0.626. The van der Waals surface area contributed by atoms with Crippen molar-refractivity contribution in [2.45, 2.75) is 19.3 Å². The van der Waals surface area contributed by atoms with E-state index in [9.17, 15) is 4.39 Å². The molecule has 82 valence electrons. The SMILES string of the molecule is NCCc1ccc(F)cc1N1CCCC1. The summed E-state index contributed by atoms with van der Waals surface area (Å²) >= 11 is 0. The molecule has 2 rings (SSSR count). The average molecular weight is 208 g/mol. The maximum absolute atomic E-state index is 13.2. The second-order valence-electron chi connectivity index (χ2n) is 4.01. The molecule has 1 aliphatic heterocycles. The van der Waals surface area contributed by atoms with Gasteiger partial charge in [-0.25, -0.2) is 4.39 Å². The van der Waals surface area contributed by atoms with Crippen LogP contribution < -0.4 is 10.6 Å². The predicted octanol–water partition coefficient (Wildman–Crippen LogP) is 1.93. The topological polar surface area (TPSA) is 29.3 Å². The summed E-state index contributed by atoms with van der Waals surface area (Å²) in [7, 11) is 0. The van der Waals surface area contributed by atoms with Gasteiger partial charge in [-0.15, -0.1) is 0 Å². The highest BCUT2D eigenvalue weighted by atomic mass is 19.1. The van der Waals surface area contributed by atoms with E-state index in [4.69, 9.17) is 5.73 Å². The zero-order chi connectivity index (χ0) is 10.7. The fraction of sp³-hybridized carbons (Fsp3) is 0.500. The van der Waals surface area contributed by atoms with Crippen molar-refractivity contribution >= 4 is 5.69 Å². The van der Waals surface area contributed by atoms with Crippen molar-refractivity contribution in [2.24, 2.45) is 5.73 Å². The van der Waals surface area contributed by atoms with Crippen molar-refractivity contribution in [2.75, 3.05) is 24.5 Å². The van der Waals surface area contributed by atoms with Gasteiger partial charge in [0.25, 0.3) is 0 Å². The normalized spacial score (nSPS) is 16.0. The van der Waals surface area contributed by atoms with Gasteiger partial charge in [0, 0.05) is 18.8 Å². The molecular formula is C12H17FN2. The molecule has 1 aromatic rings. The van der Waals surface area contributed by atoms with Crippen LogP contribution in [0.15, 0.2) is 18.2 Å². The van der Waals surface area contributed by atoms with Crippen LogP contribution in [-0.2, 0) is 6.42 Å². The van der Waals surface area contributed by atoms with Crippen molar-refractivity contribution < 1.29 is 4.39 Å². The Hall–Kier alpha value is -1.09. The van der Waals surface area contributed by atoms with E-state index < -0.39 is 0 Å². The fourth-order valence-corrected chi connectivity index (χ4v) is 2.16. The molecule has 15 heavy (non-hydrogen) atoms. The molecular weight excluding hydrogens is 191 g/mol. The van der Waals surface area contributed by atoms with Crippen LogP contribution in [0.25, 0.3) is 0 Å². The Morgan fingerprint density at radius 2 is 2.00 bits per heavy atom. The molecule has 1 saturated heterocycles. The van der Waals surface area contributed by atoms with E-state index in [1.165, 1.54) is 24.5 Å². The molecule has 1 aliphatic rings. The van der Waals surface area contributed by atoms with Gasteiger partial charge in [-0.1, -0.05) is 6.07 Å².